The van der Waals surface area contributed by atoms with E-state index >= 15 is 0 Å². The van der Waals surface area contributed by atoms with E-state index in [2.05, 4.69) is 26.4 Å². The fourth-order valence-corrected chi connectivity index (χ4v) is 2.47. The number of thiocarbonyl (C=S) groups is 1. The zero-order valence-electron chi connectivity index (χ0n) is 15.8. The summed E-state index contributed by atoms with van der Waals surface area (Å²) in [6.07, 6.45) is 1.33. The Bertz CT molecular complexity index is 960. The Labute approximate surface area is 167 Å². The molecule has 1 amide bonds. The lowest BCUT2D eigenvalue weighted by Crippen LogP contribution is -2.46. The van der Waals surface area contributed by atoms with Crippen molar-refractivity contribution in [1.82, 2.24) is 26.4 Å². The summed E-state index contributed by atoms with van der Waals surface area (Å²) in [6, 6.07) is 10.4. The van der Waals surface area contributed by atoms with Crippen LogP contribution in [0.1, 0.15) is 29.8 Å². The van der Waals surface area contributed by atoms with Crippen LogP contribution in [0.15, 0.2) is 42.6 Å². The van der Waals surface area contributed by atoms with Gasteiger partial charge in [0.15, 0.2) is 5.11 Å². The van der Waals surface area contributed by atoms with Gasteiger partial charge in [-0.05, 0) is 42.0 Å². The summed E-state index contributed by atoms with van der Waals surface area (Å²) in [5, 5.41) is 9.78. The molecule has 3 rings (SSSR count). The highest BCUT2D eigenvalue weighted by Gasteiger charge is 2.15. The summed E-state index contributed by atoms with van der Waals surface area (Å²) >= 11 is 5.10. The SMILES string of the molecule is CC.COc1cccc(CNC(=S)NNC(=O)c2ccc3[nH]ncc3c2F)c1. The molecule has 7 nitrogen and oxygen atoms in total. The van der Waals surface area contributed by atoms with Crippen molar-refractivity contribution in [3.05, 3.63) is 59.5 Å². The third kappa shape index (κ3) is 5.17. The van der Waals surface area contributed by atoms with E-state index in [0.29, 0.717) is 12.1 Å². The molecule has 1 heterocycles. The van der Waals surface area contributed by atoms with Crippen LogP contribution in [-0.4, -0.2) is 28.3 Å². The van der Waals surface area contributed by atoms with E-state index in [1.165, 1.54) is 12.3 Å². The van der Waals surface area contributed by atoms with Gasteiger partial charge in [0, 0.05) is 6.54 Å². The quantitative estimate of drug-likeness (QED) is 0.395. The second-order valence-corrected chi connectivity index (χ2v) is 5.78. The zero-order chi connectivity index (χ0) is 20.5. The zero-order valence-corrected chi connectivity index (χ0v) is 16.6. The summed E-state index contributed by atoms with van der Waals surface area (Å²) in [5.74, 6) is -0.552. The van der Waals surface area contributed by atoms with Crippen molar-refractivity contribution >= 4 is 34.1 Å². The second-order valence-electron chi connectivity index (χ2n) is 5.37. The Morgan fingerprint density at radius 3 is 2.79 bits per heavy atom. The molecular formula is C19H22FN5O2S. The van der Waals surface area contributed by atoms with E-state index in [9.17, 15) is 9.18 Å². The number of aromatic nitrogens is 2. The summed E-state index contributed by atoms with van der Waals surface area (Å²) in [7, 11) is 1.59. The number of methoxy groups -OCH3 is 1. The minimum atomic E-state index is -0.647. The van der Waals surface area contributed by atoms with Crippen molar-refractivity contribution in [2.45, 2.75) is 20.4 Å². The number of carbonyl (C=O) groups is 1. The molecule has 0 aliphatic rings. The van der Waals surface area contributed by atoms with Crippen LogP contribution in [0.2, 0.25) is 0 Å². The number of aromatic amines is 1. The van der Waals surface area contributed by atoms with Crippen LogP contribution in [0, 0.1) is 5.82 Å². The predicted octanol–water partition coefficient (Wildman–Crippen LogP) is 3.05. The van der Waals surface area contributed by atoms with E-state index < -0.39 is 11.7 Å². The van der Waals surface area contributed by atoms with Crippen molar-refractivity contribution in [3.63, 3.8) is 0 Å². The number of ether oxygens (including phenoxy) is 1. The number of amides is 1. The highest BCUT2D eigenvalue weighted by molar-refractivity contribution is 7.80. The maximum atomic E-state index is 14.3. The lowest BCUT2D eigenvalue weighted by Gasteiger charge is -2.12. The molecule has 0 bridgehead atoms. The van der Waals surface area contributed by atoms with Crippen molar-refractivity contribution in [2.24, 2.45) is 0 Å². The third-order valence-corrected chi connectivity index (χ3v) is 3.93. The fraction of sp³-hybridized carbons (Fsp3) is 0.211. The molecule has 0 aliphatic heterocycles. The smallest absolute Gasteiger partial charge is 0.272 e. The molecule has 3 aromatic rings. The van der Waals surface area contributed by atoms with Gasteiger partial charge >= 0.3 is 0 Å². The molecule has 28 heavy (non-hydrogen) atoms. The van der Waals surface area contributed by atoms with E-state index in [-0.39, 0.29) is 16.1 Å². The number of fused-ring (bicyclic) bond motifs is 1. The second kappa shape index (κ2) is 10.2. The van der Waals surface area contributed by atoms with Crippen LogP contribution in [-0.2, 0) is 6.54 Å². The van der Waals surface area contributed by atoms with Gasteiger partial charge in [-0.1, -0.05) is 26.0 Å². The Morgan fingerprint density at radius 1 is 1.25 bits per heavy atom. The molecule has 0 radical (unpaired) electrons. The molecule has 0 saturated carbocycles. The maximum Gasteiger partial charge on any atom is 0.272 e. The number of nitrogens with zero attached hydrogens (tertiary/aromatic N) is 1. The van der Waals surface area contributed by atoms with Gasteiger partial charge in [-0.15, -0.1) is 0 Å². The van der Waals surface area contributed by atoms with Gasteiger partial charge in [-0.25, -0.2) is 4.39 Å². The number of nitrogens with one attached hydrogen (secondary N) is 4. The van der Waals surface area contributed by atoms with E-state index in [1.807, 2.05) is 38.1 Å². The molecule has 148 valence electrons. The van der Waals surface area contributed by atoms with Crippen LogP contribution in [0.4, 0.5) is 4.39 Å². The van der Waals surface area contributed by atoms with Gasteiger partial charge in [-0.3, -0.25) is 20.7 Å². The van der Waals surface area contributed by atoms with Crippen molar-refractivity contribution in [3.8, 4) is 5.75 Å². The largest absolute Gasteiger partial charge is 0.497 e. The minimum absolute atomic E-state index is 0.109. The first-order valence-corrected chi connectivity index (χ1v) is 9.08. The molecule has 2 aromatic carbocycles. The number of carbonyl (C=O) groups excluding carboxylic acids is 1. The predicted molar refractivity (Wildman–Crippen MR) is 110 cm³/mol. The fourth-order valence-electron chi connectivity index (χ4n) is 2.35. The molecule has 1 aromatic heterocycles. The van der Waals surface area contributed by atoms with Crippen molar-refractivity contribution in [2.75, 3.05) is 7.11 Å². The summed E-state index contributed by atoms with van der Waals surface area (Å²) in [5.41, 5.74) is 6.28. The first-order chi connectivity index (χ1) is 13.6. The van der Waals surface area contributed by atoms with Gasteiger partial charge < -0.3 is 10.1 Å². The van der Waals surface area contributed by atoms with Crippen LogP contribution in [0.5, 0.6) is 5.75 Å². The molecule has 0 fully saturated rings. The number of rotatable bonds is 4. The first kappa shape index (κ1) is 21.1. The first-order valence-electron chi connectivity index (χ1n) is 8.67. The Morgan fingerprint density at radius 2 is 2.04 bits per heavy atom. The Hall–Kier alpha value is -3.20. The van der Waals surface area contributed by atoms with Crippen LogP contribution < -0.4 is 20.9 Å². The molecule has 9 heteroatoms. The van der Waals surface area contributed by atoms with Crippen LogP contribution in [0.25, 0.3) is 10.9 Å². The van der Waals surface area contributed by atoms with Gasteiger partial charge in [0.25, 0.3) is 5.91 Å². The molecule has 0 saturated heterocycles. The number of hydrazine groups is 1. The number of hydrogen-bond acceptors (Lipinski definition) is 4. The Kier molecular flexibility index (Phi) is 7.70. The van der Waals surface area contributed by atoms with Gasteiger partial charge in [0.2, 0.25) is 0 Å². The number of halogens is 1. The molecule has 0 aliphatic carbocycles. The summed E-state index contributed by atoms with van der Waals surface area (Å²) in [6.45, 7) is 4.44. The number of benzene rings is 2. The highest BCUT2D eigenvalue weighted by Crippen LogP contribution is 2.18. The highest BCUT2D eigenvalue weighted by atomic mass is 32.1. The average molecular weight is 403 g/mol. The summed E-state index contributed by atoms with van der Waals surface area (Å²) in [4.78, 5) is 12.1. The van der Waals surface area contributed by atoms with E-state index in [1.54, 1.807) is 13.2 Å². The monoisotopic (exact) mass is 403 g/mol. The summed E-state index contributed by atoms with van der Waals surface area (Å²) < 4.78 is 19.5. The van der Waals surface area contributed by atoms with Gasteiger partial charge in [0.1, 0.15) is 11.6 Å². The lowest BCUT2D eigenvalue weighted by molar-refractivity contribution is 0.0940. The van der Waals surface area contributed by atoms with Crippen LogP contribution in [0.3, 0.4) is 0 Å². The molecule has 0 unspecified atom stereocenters. The Balaban J connectivity index is 0.00000136. The van der Waals surface area contributed by atoms with Crippen molar-refractivity contribution < 1.29 is 13.9 Å². The lowest BCUT2D eigenvalue weighted by atomic mass is 10.1. The minimum Gasteiger partial charge on any atom is -0.497 e. The van der Waals surface area contributed by atoms with E-state index in [4.69, 9.17) is 17.0 Å². The van der Waals surface area contributed by atoms with Gasteiger partial charge in [0.05, 0.1) is 29.8 Å². The topological polar surface area (TPSA) is 91.1 Å². The third-order valence-electron chi connectivity index (χ3n) is 3.68. The molecular weight excluding hydrogens is 381 g/mol. The number of H-pyrrole nitrogens is 1. The van der Waals surface area contributed by atoms with Gasteiger partial charge in [-0.2, -0.15) is 5.10 Å². The number of hydrogen-bond donors (Lipinski definition) is 4. The van der Waals surface area contributed by atoms with Crippen molar-refractivity contribution in [1.29, 1.82) is 0 Å². The normalized spacial score (nSPS) is 9.86. The average Bonchev–Trinajstić information content (AvgIpc) is 3.22. The van der Waals surface area contributed by atoms with E-state index in [0.717, 1.165) is 11.3 Å². The maximum absolute atomic E-state index is 14.3. The standard InChI is InChI=1S/C17H16FN5O2S.C2H6/c1-25-11-4-2-3-10(7-11)8-19-17(26)23-22-16(24)12-5-6-14-13(15(12)18)9-20-21-14;1-2/h2-7,9H,8H2,1H3,(H,20,21)(H,22,24)(H2,19,23,26);1-2H3. The molecule has 0 spiro atoms. The molecule has 4 N–H and O–H groups in total. The molecule has 0 atom stereocenters. The van der Waals surface area contributed by atoms with Crippen LogP contribution >= 0.6 is 12.2 Å².